The zero-order chi connectivity index (χ0) is 17.1. The van der Waals surface area contributed by atoms with Gasteiger partial charge in [0.1, 0.15) is 17.3 Å². The average molecular weight is 309 g/mol. The van der Waals surface area contributed by atoms with Gasteiger partial charge in [-0.1, -0.05) is 26.0 Å². The highest BCUT2D eigenvalue weighted by molar-refractivity contribution is 6.02. The molecule has 0 radical (unpaired) electrons. The molecule has 1 aromatic carbocycles. The predicted octanol–water partition coefficient (Wildman–Crippen LogP) is 4.68. The number of ketones is 2. The van der Waals surface area contributed by atoms with Gasteiger partial charge in [-0.15, -0.1) is 0 Å². The van der Waals surface area contributed by atoms with Crippen molar-refractivity contribution in [1.82, 2.24) is 0 Å². The van der Waals surface area contributed by atoms with Crippen LogP contribution in [0.3, 0.4) is 0 Å². The van der Waals surface area contributed by atoms with Gasteiger partial charge in [0.2, 0.25) is 0 Å². The molecular formula is C17H21F2NO2. The second-order valence-electron chi connectivity index (χ2n) is 4.10. The van der Waals surface area contributed by atoms with Gasteiger partial charge in [0, 0.05) is 19.1 Å². The Morgan fingerprint density at radius 1 is 1.18 bits per heavy atom. The molecule has 5 heteroatoms. The van der Waals surface area contributed by atoms with Crippen LogP contribution in [0.5, 0.6) is 0 Å². The molecule has 1 aromatic rings. The van der Waals surface area contributed by atoms with Crippen LogP contribution in [0.25, 0.3) is 0 Å². The number of aliphatic imine (C=N–C) groups is 1. The van der Waals surface area contributed by atoms with Crippen LogP contribution in [0.15, 0.2) is 40.8 Å². The first-order chi connectivity index (χ1) is 10.5. The zero-order valence-corrected chi connectivity index (χ0v) is 13.3. The zero-order valence-electron chi connectivity index (χ0n) is 13.3. The van der Waals surface area contributed by atoms with E-state index in [0.717, 1.165) is 6.92 Å². The number of hydrogen-bond acceptors (Lipinski definition) is 3. The van der Waals surface area contributed by atoms with E-state index >= 15 is 0 Å². The van der Waals surface area contributed by atoms with E-state index in [4.69, 9.17) is 0 Å². The lowest BCUT2D eigenvalue weighted by molar-refractivity contribution is -0.115. The normalized spacial score (nSPS) is 11.5. The van der Waals surface area contributed by atoms with Gasteiger partial charge in [0.15, 0.2) is 11.6 Å². The molecule has 120 valence electrons. The lowest BCUT2D eigenvalue weighted by atomic mass is 10.0. The van der Waals surface area contributed by atoms with E-state index in [1.54, 1.807) is 6.92 Å². The van der Waals surface area contributed by atoms with Crippen molar-refractivity contribution in [2.24, 2.45) is 4.99 Å². The molecule has 0 atom stereocenters. The van der Waals surface area contributed by atoms with Crippen LogP contribution in [0.2, 0.25) is 0 Å². The fourth-order valence-corrected chi connectivity index (χ4v) is 1.65. The van der Waals surface area contributed by atoms with Crippen molar-refractivity contribution in [2.75, 3.05) is 0 Å². The van der Waals surface area contributed by atoms with Gasteiger partial charge in [0.05, 0.1) is 5.56 Å². The van der Waals surface area contributed by atoms with E-state index < -0.39 is 23.2 Å². The summed E-state index contributed by atoms with van der Waals surface area (Å²) < 4.78 is 26.5. The SMILES string of the molecule is CC.CC=N/C(C(=O)CCC(=O)c1ccccc1F)=C(\C)F. The number of Topliss-reactive ketones (excluding diaryl/α,β-unsaturated/α-hetero) is 2. The van der Waals surface area contributed by atoms with Crippen LogP contribution in [-0.2, 0) is 4.79 Å². The van der Waals surface area contributed by atoms with Gasteiger partial charge >= 0.3 is 0 Å². The Morgan fingerprint density at radius 2 is 1.77 bits per heavy atom. The van der Waals surface area contributed by atoms with E-state index in [-0.39, 0.29) is 24.1 Å². The van der Waals surface area contributed by atoms with Crippen LogP contribution in [0.4, 0.5) is 8.78 Å². The van der Waals surface area contributed by atoms with Gasteiger partial charge in [-0.25, -0.2) is 8.78 Å². The highest BCUT2D eigenvalue weighted by Crippen LogP contribution is 2.15. The smallest absolute Gasteiger partial charge is 0.184 e. The van der Waals surface area contributed by atoms with Crippen molar-refractivity contribution in [3.8, 4) is 0 Å². The van der Waals surface area contributed by atoms with Crippen LogP contribution in [-0.4, -0.2) is 17.8 Å². The van der Waals surface area contributed by atoms with Crippen molar-refractivity contribution in [3.63, 3.8) is 0 Å². The van der Waals surface area contributed by atoms with Crippen LogP contribution in [0, 0.1) is 5.82 Å². The van der Waals surface area contributed by atoms with Gasteiger partial charge in [-0.3, -0.25) is 14.6 Å². The van der Waals surface area contributed by atoms with Gasteiger partial charge < -0.3 is 0 Å². The highest BCUT2D eigenvalue weighted by atomic mass is 19.1. The first kappa shape index (κ1) is 19.8. The summed E-state index contributed by atoms with van der Waals surface area (Å²) in [6, 6.07) is 5.54. The number of carbonyl (C=O) groups excluding carboxylic acids is 2. The second kappa shape index (κ2) is 10.5. The fourth-order valence-electron chi connectivity index (χ4n) is 1.65. The number of carbonyl (C=O) groups is 2. The summed E-state index contributed by atoms with van der Waals surface area (Å²) in [5.41, 5.74) is -0.365. The van der Waals surface area contributed by atoms with Crippen molar-refractivity contribution < 1.29 is 18.4 Å². The standard InChI is InChI=1S/C15H15F2NO2.C2H6/c1-3-18-15(10(2)16)14(20)9-8-13(19)11-6-4-5-7-12(11)17;1-2/h3-7H,8-9H2,1-2H3;1-2H3/b15-10+,18-3?;. The number of allylic oxidation sites excluding steroid dienone is 2. The third-order valence-electron chi connectivity index (χ3n) is 2.60. The van der Waals surface area contributed by atoms with Crippen molar-refractivity contribution in [3.05, 3.63) is 47.2 Å². The molecule has 22 heavy (non-hydrogen) atoms. The molecule has 0 bridgehead atoms. The maximum Gasteiger partial charge on any atom is 0.184 e. The largest absolute Gasteiger partial charge is 0.294 e. The minimum atomic E-state index is -0.702. The maximum absolute atomic E-state index is 13.4. The van der Waals surface area contributed by atoms with Crippen LogP contribution >= 0.6 is 0 Å². The Kier molecular flexibility index (Phi) is 9.50. The Labute approximate surface area is 129 Å². The molecule has 1 rings (SSSR count). The molecule has 0 aliphatic carbocycles. The lowest BCUT2D eigenvalue weighted by Gasteiger charge is -2.03. The molecular weight excluding hydrogens is 288 g/mol. The molecule has 0 saturated carbocycles. The van der Waals surface area contributed by atoms with Crippen molar-refractivity contribution >= 4 is 17.8 Å². The van der Waals surface area contributed by atoms with E-state index in [1.807, 2.05) is 13.8 Å². The molecule has 0 unspecified atom stereocenters. The minimum Gasteiger partial charge on any atom is -0.294 e. The lowest BCUT2D eigenvalue weighted by Crippen LogP contribution is -2.08. The quantitative estimate of drug-likeness (QED) is 0.435. The molecule has 0 N–H and O–H groups in total. The van der Waals surface area contributed by atoms with E-state index in [1.165, 1.54) is 30.5 Å². The molecule has 0 heterocycles. The van der Waals surface area contributed by atoms with Crippen molar-refractivity contribution in [1.29, 1.82) is 0 Å². The Balaban J connectivity index is 0.00000211. The Morgan fingerprint density at radius 3 is 2.27 bits per heavy atom. The summed E-state index contributed by atoms with van der Waals surface area (Å²) in [7, 11) is 0. The number of hydrogen-bond donors (Lipinski definition) is 0. The molecule has 0 aromatic heterocycles. The fraction of sp³-hybridized carbons (Fsp3) is 0.353. The summed E-state index contributed by atoms with van der Waals surface area (Å²) in [5, 5.41) is 0. The topological polar surface area (TPSA) is 46.5 Å². The highest BCUT2D eigenvalue weighted by Gasteiger charge is 2.16. The van der Waals surface area contributed by atoms with E-state index in [9.17, 15) is 18.4 Å². The number of benzene rings is 1. The number of nitrogens with zero attached hydrogens (tertiary/aromatic N) is 1. The monoisotopic (exact) mass is 309 g/mol. The van der Waals surface area contributed by atoms with Crippen LogP contribution in [0.1, 0.15) is 50.9 Å². The summed E-state index contributed by atoms with van der Waals surface area (Å²) in [6.45, 7) is 6.68. The first-order valence-electron chi connectivity index (χ1n) is 7.13. The number of halogens is 2. The molecule has 0 spiro atoms. The molecule has 0 amide bonds. The first-order valence-corrected chi connectivity index (χ1v) is 7.13. The summed E-state index contributed by atoms with van der Waals surface area (Å²) >= 11 is 0. The van der Waals surface area contributed by atoms with E-state index in [0.29, 0.717) is 0 Å². The summed E-state index contributed by atoms with van der Waals surface area (Å²) in [6.07, 6.45) is 0.909. The maximum atomic E-state index is 13.4. The van der Waals surface area contributed by atoms with E-state index in [2.05, 4.69) is 4.99 Å². The molecule has 0 fully saturated rings. The van der Waals surface area contributed by atoms with Gasteiger partial charge in [0.25, 0.3) is 0 Å². The minimum absolute atomic E-state index is 0.0678. The summed E-state index contributed by atoms with van der Waals surface area (Å²) in [4.78, 5) is 27.2. The van der Waals surface area contributed by atoms with Crippen molar-refractivity contribution in [2.45, 2.75) is 40.5 Å². The number of rotatable bonds is 6. The Bertz CT molecular complexity index is 574. The Hall–Kier alpha value is -2.17. The molecule has 3 nitrogen and oxygen atoms in total. The average Bonchev–Trinajstić information content (AvgIpc) is 2.52. The molecule has 0 aliphatic rings. The van der Waals surface area contributed by atoms with Gasteiger partial charge in [-0.05, 0) is 26.0 Å². The van der Waals surface area contributed by atoms with Crippen LogP contribution < -0.4 is 0 Å². The summed E-state index contributed by atoms with van der Waals surface area (Å²) in [5.74, 6) is -2.40. The third-order valence-corrected chi connectivity index (χ3v) is 2.60. The predicted molar refractivity (Wildman–Crippen MR) is 84.3 cm³/mol. The molecule has 0 aliphatic heterocycles. The third kappa shape index (κ3) is 6.08. The van der Waals surface area contributed by atoms with Gasteiger partial charge in [-0.2, -0.15) is 0 Å². The second-order valence-corrected chi connectivity index (χ2v) is 4.10. The molecule has 0 saturated heterocycles.